The Morgan fingerprint density at radius 1 is 1.02 bits per heavy atom. The molecule has 222 valence electrons. The Kier molecular flexibility index (Phi) is 7.44. The summed E-state index contributed by atoms with van der Waals surface area (Å²) in [5.74, 6) is 0.0347. The molecular formula is C34H30Cl2N6O2. The van der Waals surface area contributed by atoms with Gasteiger partial charge in [-0.25, -0.2) is 5.10 Å². The van der Waals surface area contributed by atoms with Crippen molar-refractivity contribution in [3.8, 4) is 11.1 Å². The number of hydrogen-bond donors (Lipinski definition) is 2. The molecule has 1 atom stereocenters. The van der Waals surface area contributed by atoms with Gasteiger partial charge in [0.25, 0.3) is 5.56 Å². The molecule has 0 bridgehead atoms. The van der Waals surface area contributed by atoms with Crippen molar-refractivity contribution < 1.29 is 4.79 Å². The first-order chi connectivity index (χ1) is 21.4. The largest absolute Gasteiger partial charge is 0.327 e. The van der Waals surface area contributed by atoms with E-state index >= 15 is 0 Å². The molecule has 1 saturated carbocycles. The summed E-state index contributed by atoms with van der Waals surface area (Å²) >= 11 is 12.9. The highest BCUT2D eigenvalue weighted by atomic mass is 35.5. The molecule has 0 unspecified atom stereocenters. The van der Waals surface area contributed by atoms with Gasteiger partial charge >= 0.3 is 0 Å². The van der Waals surface area contributed by atoms with Crippen LogP contribution in [-0.2, 0) is 29.7 Å². The van der Waals surface area contributed by atoms with E-state index in [1.165, 1.54) is 5.56 Å². The van der Waals surface area contributed by atoms with Crippen LogP contribution in [0.5, 0.6) is 0 Å². The number of nitrogens with one attached hydrogen (secondary N) is 1. The molecule has 1 fully saturated rings. The summed E-state index contributed by atoms with van der Waals surface area (Å²) in [6.45, 7) is 0.496. The number of nitrogens with two attached hydrogens (primary N) is 1. The monoisotopic (exact) mass is 624 g/mol. The van der Waals surface area contributed by atoms with Crippen molar-refractivity contribution in [1.82, 2.24) is 25.1 Å². The molecule has 3 heterocycles. The smallest absolute Gasteiger partial charge is 0.272 e. The first-order valence-corrected chi connectivity index (χ1v) is 15.5. The Labute approximate surface area is 264 Å². The number of hydrogen-bond acceptors (Lipinski definition) is 6. The highest BCUT2D eigenvalue weighted by molar-refractivity contribution is 6.39. The Balaban J connectivity index is 1.28. The molecule has 44 heavy (non-hydrogen) atoms. The van der Waals surface area contributed by atoms with E-state index in [4.69, 9.17) is 38.9 Å². The van der Waals surface area contributed by atoms with Crippen LogP contribution in [-0.4, -0.2) is 31.0 Å². The SMILES string of the molecule is NCc1n[nH]c(=O)c2ccc(C3(C(=O)N(Cc4ccc(-c5c(Cl)cccc5Cl)cn4)[C@@H]4CCCc5cccnc54)CC3)cc12. The summed E-state index contributed by atoms with van der Waals surface area (Å²) in [6.07, 6.45) is 7.69. The van der Waals surface area contributed by atoms with Crippen molar-refractivity contribution in [2.75, 3.05) is 0 Å². The zero-order chi connectivity index (χ0) is 30.4. The number of fused-ring (bicyclic) bond motifs is 2. The summed E-state index contributed by atoms with van der Waals surface area (Å²) in [5.41, 5.74) is 10.8. The van der Waals surface area contributed by atoms with Gasteiger partial charge in [0.05, 0.1) is 40.5 Å². The lowest BCUT2D eigenvalue weighted by atomic mass is 9.87. The fraction of sp³-hybridized carbons (Fsp3) is 0.265. The summed E-state index contributed by atoms with van der Waals surface area (Å²) in [7, 11) is 0. The zero-order valence-electron chi connectivity index (χ0n) is 23.9. The van der Waals surface area contributed by atoms with Crippen LogP contribution in [0.3, 0.4) is 0 Å². The van der Waals surface area contributed by atoms with Gasteiger partial charge in [-0.15, -0.1) is 0 Å². The van der Waals surface area contributed by atoms with Crippen LogP contribution in [0.15, 0.2) is 77.9 Å². The molecule has 3 N–H and O–H groups in total. The van der Waals surface area contributed by atoms with E-state index < -0.39 is 5.41 Å². The van der Waals surface area contributed by atoms with E-state index in [2.05, 4.69) is 16.3 Å². The van der Waals surface area contributed by atoms with Gasteiger partial charge in [-0.3, -0.25) is 19.6 Å². The number of aromatic nitrogens is 4. The fourth-order valence-corrected chi connectivity index (χ4v) is 7.14. The molecule has 10 heteroatoms. The maximum atomic E-state index is 14.8. The highest BCUT2D eigenvalue weighted by Gasteiger charge is 2.54. The standard InChI is InChI=1S/C34H30Cl2N6O2/c35-26-6-2-7-27(36)30(26)21-9-11-23(39-18-21)19-42(29-8-1-4-20-5-3-15-38-31(20)29)33(44)34(13-14-34)22-10-12-24-25(16-22)28(17-37)40-41-32(24)43/h2-3,5-7,9-12,15-16,18,29H,1,4,8,13-14,17,19,37H2,(H,41,43)/t29-/m1/s1. The molecule has 2 aromatic carbocycles. The van der Waals surface area contributed by atoms with Crippen LogP contribution in [0.2, 0.25) is 10.0 Å². The van der Waals surface area contributed by atoms with E-state index in [1.807, 2.05) is 41.3 Å². The lowest BCUT2D eigenvalue weighted by Crippen LogP contribution is -2.43. The number of H-pyrrole nitrogens is 1. The van der Waals surface area contributed by atoms with Crippen molar-refractivity contribution in [3.05, 3.63) is 122 Å². The van der Waals surface area contributed by atoms with Crippen molar-refractivity contribution in [2.24, 2.45) is 5.73 Å². The van der Waals surface area contributed by atoms with Crippen LogP contribution < -0.4 is 11.3 Å². The van der Waals surface area contributed by atoms with E-state index in [-0.39, 0.29) is 24.1 Å². The summed E-state index contributed by atoms with van der Waals surface area (Å²) in [5, 5.41) is 8.96. The van der Waals surface area contributed by atoms with Gasteiger partial charge < -0.3 is 10.6 Å². The second kappa shape index (κ2) is 11.4. The van der Waals surface area contributed by atoms with E-state index in [1.54, 1.807) is 30.6 Å². The fourth-order valence-electron chi connectivity index (χ4n) is 6.52. The van der Waals surface area contributed by atoms with Crippen LogP contribution in [0, 0.1) is 0 Å². The van der Waals surface area contributed by atoms with Crippen LogP contribution in [0.1, 0.15) is 59.9 Å². The predicted molar refractivity (Wildman–Crippen MR) is 171 cm³/mol. The number of carbonyl (C=O) groups excluding carboxylic acids is 1. The minimum absolute atomic E-state index is 0.0347. The van der Waals surface area contributed by atoms with Crippen molar-refractivity contribution in [2.45, 2.75) is 56.7 Å². The molecule has 2 aliphatic carbocycles. The summed E-state index contributed by atoms with van der Waals surface area (Å²) in [6, 6.07) is 18.8. The quantitative estimate of drug-likeness (QED) is 0.220. The molecule has 0 aliphatic heterocycles. The minimum Gasteiger partial charge on any atom is -0.327 e. The highest BCUT2D eigenvalue weighted by Crippen LogP contribution is 2.52. The molecule has 7 rings (SSSR count). The van der Waals surface area contributed by atoms with E-state index in [0.29, 0.717) is 45.9 Å². The number of amides is 1. The maximum Gasteiger partial charge on any atom is 0.272 e. The van der Waals surface area contributed by atoms with Gasteiger partial charge in [-0.05, 0) is 79.6 Å². The lowest BCUT2D eigenvalue weighted by Gasteiger charge is -2.37. The van der Waals surface area contributed by atoms with Crippen molar-refractivity contribution in [1.29, 1.82) is 0 Å². The number of halogens is 2. The van der Waals surface area contributed by atoms with Crippen LogP contribution in [0.4, 0.5) is 0 Å². The molecular weight excluding hydrogens is 595 g/mol. The second-order valence-electron chi connectivity index (χ2n) is 11.6. The molecule has 2 aliphatic rings. The Bertz CT molecular complexity index is 1930. The Hall–Kier alpha value is -4.11. The average molecular weight is 626 g/mol. The van der Waals surface area contributed by atoms with Crippen molar-refractivity contribution >= 4 is 39.9 Å². The Morgan fingerprint density at radius 2 is 1.84 bits per heavy atom. The van der Waals surface area contributed by atoms with Gasteiger partial charge in [0.15, 0.2) is 0 Å². The number of pyridine rings is 2. The average Bonchev–Trinajstić information content (AvgIpc) is 3.86. The molecule has 3 aromatic heterocycles. The molecule has 0 saturated heterocycles. The number of nitrogens with zero attached hydrogens (tertiary/aromatic N) is 4. The van der Waals surface area contributed by atoms with Gasteiger partial charge in [0.2, 0.25) is 5.91 Å². The molecule has 8 nitrogen and oxygen atoms in total. The molecule has 1 amide bonds. The number of rotatable bonds is 7. The Morgan fingerprint density at radius 3 is 2.57 bits per heavy atom. The third-order valence-electron chi connectivity index (χ3n) is 8.98. The van der Waals surface area contributed by atoms with E-state index in [9.17, 15) is 9.59 Å². The van der Waals surface area contributed by atoms with Gasteiger partial charge in [-0.2, -0.15) is 5.10 Å². The van der Waals surface area contributed by atoms with Gasteiger partial charge in [0, 0.05) is 45.5 Å². The third kappa shape index (κ3) is 4.97. The number of aryl methyl sites for hydroxylation is 1. The van der Waals surface area contributed by atoms with Crippen LogP contribution in [0.25, 0.3) is 21.9 Å². The normalized spacial score (nSPS) is 16.8. The van der Waals surface area contributed by atoms with Gasteiger partial charge in [0.1, 0.15) is 0 Å². The first-order valence-electron chi connectivity index (χ1n) is 14.8. The third-order valence-corrected chi connectivity index (χ3v) is 9.61. The maximum absolute atomic E-state index is 14.8. The van der Waals surface area contributed by atoms with Crippen LogP contribution >= 0.6 is 23.2 Å². The number of benzene rings is 2. The second-order valence-corrected chi connectivity index (χ2v) is 12.4. The van der Waals surface area contributed by atoms with E-state index in [0.717, 1.165) is 47.3 Å². The molecule has 0 spiro atoms. The number of carbonyl (C=O) groups is 1. The first kappa shape index (κ1) is 28.6. The topological polar surface area (TPSA) is 118 Å². The summed E-state index contributed by atoms with van der Waals surface area (Å²) < 4.78 is 0. The lowest BCUT2D eigenvalue weighted by molar-refractivity contribution is -0.137. The molecule has 5 aromatic rings. The van der Waals surface area contributed by atoms with Gasteiger partial charge in [-0.1, -0.05) is 47.5 Å². The molecule has 0 radical (unpaired) electrons. The number of aromatic amines is 1. The summed E-state index contributed by atoms with van der Waals surface area (Å²) in [4.78, 5) is 38.8. The predicted octanol–water partition coefficient (Wildman–Crippen LogP) is 6.28. The van der Waals surface area contributed by atoms with Crippen molar-refractivity contribution in [3.63, 3.8) is 0 Å². The minimum atomic E-state index is -0.708. The zero-order valence-corrected chi connectivity index (χ0v) is 25.4.